The molecule has 0 atom stereocenters. The number of rotatable bonds is 3. The van der Waals surface area contributed by atoms with Crippen molar-refractivity contribution in [3.8, 4) is 0 Å². The number of aliphatic imine (C=N–C) groups is 1. The molecule has 0 aliphatic carbocycles. The van der Waals surface area contributed by atoms with Crippen LogP contribution in [0.3, 0.4) is 0 Å². The van der Waals surface area contributed by atoms with E-state index in [1.54, 1.807) is 24.9 Å². The maximum Gasteiger partial charge on any atom is 0.280 e. The highest BCUT2D eigenvalue weighted by molar-refractivity contribution is 8.00. The lowest BCUT2D eigenvalue weighted by atomic mass is 10.1. The molecule has 1 aliphatic heterocycles. The van der Waals surface area contributed by atoms with Crippen molar-refractivity contribution in [2.45, 2.75) is 24.7 Å². The van der Waals surface area contributed by atoms with Crippen LogP contribution >= 0.6 is 11.9 Å². The third-order valence-electron chi connectivity index (χ3n) is 3.44. The van der Waals surface area contributed by atoms with E-state index in [0.29, 0.717) is 11.3 Å². The molecule has 7 nitrogen and oxygen atoms in total. The summed E-state index contributed by atoms with van der Waals surface area (Å²) in [5.41, 5.74) is 11.9. The van der Waals surface area contributed by atoms with Crippen molar-refractivity contribution in [2.24, 2.45) is 16.5 Å². The zero-order valence-electron chi connectivity index (χ0n) is 13.1. The quantitative estimate of drug-likeness (QED) is 0.472. The molecule has 1 aromatic carbocycles. The molecule has 0 spiro atoms. The number of guanidine groups is 1. The van der Waals surface area contributed by atoms with Gasteiger partial charge in [-0.15, -0.1) is 0 Å². The van der Waals surface area contributed by atoms with Gasteiger partial charge in [0.1, 0.15) is 0 Å². The van der Waals surface area contributed by atoms with E-state index in [0.717, 1.165) is 31.4 Å². The molecule has 0 radical (unpaired) electrons. The number of sulfone groups is 1. The first kappa shape index (κ1) is 17.6. The van der Waals surface area contributed by atoms with E-state index >= 15 is 0 Å². The topological polar surface area (TPSA) is 119 Å². The summed E-state index contributed by atoms with van der Waals surface area (Å²) in [6.45, 7) is 2.51. The SMILES string of the molecule is Cc1cc(N2CCCCS2)c(S(C)(=O)=O)cc1C(=O)N=C(N)N. The molecule has 23 heavy (non-hydrogen) atoms. The van der Waals surface area contributed by atoms with Crippen LogP contribution in [0.25, 0.3) is 0 Å². The molecule has 0 bridgehead atoms. The van der Waals surface area contributed by atoms with Crippen molar-refractivity contribution in [1.82, 2.24) is 0 Å². The minimum atomic E-state index is -3.50. The number of benzene rings is 1. The number of amides is 1. The van der Waals surface area contributed by atoms with Crippen molar-refractivity contribution >= 4 is 39.3 Å². The molecule has 126 valence electrons. The molecule has 1 aromatic rings. The van der Waals surface area contributed by atoms with E-state index in [2.05, 4.69) is 4.99 Å². The molecule has 1 heterocycles. The summed E-state index contributed by atoms with van der Waals surface area (Å²) in [5, 5.41) is 0. The predicted octanol–water partition coefficient (Wildman–Crippen LogP) is 1.06. The summed E-state index contributed by atoms with van der Waals surface area (Å²) >= 11 is 1.60. The Hall–Kier alpha value is -1.74. The van der Waals surface area contributed by atoms with Gasteiger partial charge in [-0.25, -0.2) is 8.42 Å². The van der Waals surface area contributed by atoms with Gasteiger partial charge in [-0.1, -0.05) is 0 Å². The lowest BCUT2D eigenvalue weighted by Gasteiger charge is -2.29. The average molecular weight is 356 g/mol. The molecule has 4 N–H and O–H groups in total. The summed E-state index contributed by atoms with van der Waals surface area (Å²) in [5.74, 6) is -0.0621. The van der Waals surface area contributed by atoms with Gasteiger partial charge in [0.05, 0.1) is 10.6 Å². The van der Waals surface area contributed by atoms with Crippen LogP contribution in [0.1, 0.15) is 28.8 Å². The van der Waals surface area contributed by atoms with Crippen LogP contribution in [-0.4, -0.2) is 38.8 Å². The monoisotopic (exact) mass is 356 g/mol. The first-order valence-electron chi connectivity index (χ1n) is 7.09. The molecule has 0 unspecified atom stereocenters. The van der Waals surface area contributed by atoms with Crippen LogP contribution in [0.4, 0.5) is 5.69 Å². The van der Waals surface area contributed by atoms with E-state index in [1.165, 1.54) is 6.07 Å². The number of nitrogens with two attached hydrogens (primary N) is 2. The van der Waals surface area contributed by atoms with Gasteiger partial charge >= 0.3 is 0 Å². The largest absolute Gasteiger partial charge is 0.370 e. The molecular formula is C14H20N4O3S2. The molecule has 9 heteroatoms. The van der Waals surface area contributed by atoms with Crippen LogP contribution in [-0.2, 0) is 9.84 Å². The lowest BCUT2D eigenvalue weighted by molar-refractivity contribution is 0.100. The highest BCUT2D eigenvalue weighted by atomic mass is 32.2. The minimum Gasteiger partial charge on any atom is -0.370 e. The second kappa shape index (κ2) is 6.79. The smallest absolute Gasteiger partial charge is 0.280 e. The van der Waals surface area contributed by atoms with Crippen LogP contribution in [0.15, 0.2) is 22.0 Å². The fourth-order valence-electron chi connectivity index (χ4n) is 2.36. The van der Waals surface area contributed by atoms with Gasteiger partial charge in [0.25, 0.3) is 5.91 Å². The van der Waals surface area contributed by atoms with E-state index < -0.39 is 15.7 Å². The van der Waals surface area contributed by atoms with Crippen LogP contribution < -0.4 is 15.8 Å². The normalized spacial score (nSPS) is 15.3. The van der Waals surface area contributed by atoms with Gasteiger partial charge < -0.3 is 15.8 Å². The Morgan fingerprint density at radius 3 is 2.52 bits per heavy atom. The van der Waals surface area contributed by atoms with E-state index in [4.69, 9.17) is 11.5 Å². The maximum atomic E-state index is 12.2. The Balaban J connectivity index is 2.58. The van der Waals surface area contributed by atoms with E-state index in [1.807, 2.05) is 4.31 Å². The fourth-order valence-corrected chi connectivity index (χ4v) is 4.40. The Bertz CT molecular complexity index is 750. The van der Waals surface area contributed by atoms with Crippen molar-refractivity contribution in [1.29, 1.82) is 0 Å². The number of hydrogen-bond donors (Lipinski definition) is 2. The third kappa shape index (κ3) is 4.17. The van der Waals surface area contributed by atoms with Gasteiger partial charge in [-0.3, -0.25) is 4.79 Å². The predicted molar refractivity (Wildman–Crippen MR) is 93.5 cm³/mol. The highest BCUT2D eigenvalue weighted by Crippen LogP contribution is 2.35. The van der Waals surface area contributed by atoms with Crippen molar-refractivity contribution in [3.05, 3.63) is 23.3 Å². The summed E-state index contributed by atoms with van der Waals surface area (Å²) in [6, 6.07) is 3.08. The number of aryl methyl sites for hydroxylation is 1. The first-order valence-corrected chi connectivity index (χ1v) is 9.92. The van der Waals surface area contributed by atoms with Crippen LogP contribution in [0.2, 0.25) is 0 Å². The molecule has 1 saturated heterocycles. The van der Waals surface area contributed by atoms with Gasteiger partial charge in [-0.2, -0.15) is 4.99 Å². The van der Waals surface area contributed by atoms with Gasteiger partial charge in [0, 0.05) is 24.1 Å². The molecule has 1 amide bonds. The van der Waals surface area contributed by atoms with E-state index in [9.17, 15) is 13.2 Å². The number of nitrogens with zero attached hydrogens (tertiary/aromatic N) is 2. The molecule has 0 saturated carbocycles. The lowest BCUT2D eigenvalue weighted by Crippen LogP contribution is -2.25. The standard InChI is InChI=1S/C14H20N4O3S2/c1-9-7-11(18-5-3-4-6-22-18)12(23(2,20)21)8-10(9)13(19)17-14(15)16/h7-8H,3-6H2,1-2H3,(H4,15,16,17,19). The van der Waals surface area contributed by atoms with Crippen LogP contribution in [0, 0.1) is 6.92 Å². The maximum absolute atomic E-state index is 12.2. The van der Waals surface area contributed by atoms with Crippen molar-refractivity contribution in [3.63, 3.8) is 0 Å². The molecule has 1 fully saturated rings. The summed E-state index contributed by atoms with van der Waals surface area (Å²) in [7, 11) is -3.50. The fraction of sp³-hybridized carbons (Fsp3) is 0.429. The van der Waals surface area contributed by atoms with Gasteiger partial charge in [0.15, 0.2) is 15.8 Å². The van der Waals surface area contributed by atoms with Crippen LogP contribution in [0.5, 0.6) is 0 Å². The Labute approximate surface area is 140 Å². The molecule has 2 rings (SSSR count). The Morgan fingerprint density at radius 1 is 1.30 bits per heavy atom. The zero-order chi connectivity index (χ0) is 17.2. The summed E-state index contributed by atoms with van der Waals surface area (Å²) in [4.78, 5) is 15.7. The highest BCUT2D eigenvalue weighted by Gasteiger charge is 2.24. The second-order valence-electron chi connectivity index (χ2n) is 5.39. The summed E-state index contributed by atoms with van der Waals surface area (Å²) in [6.07, 6.45) is 3.24. The van der Waals surface area contributed by atoms with Gasteiger partial charge in [0.2, 0.25) is 0 Å². The van der Waals surface area contributed by atoms with Gasteiger partial charge in [-0.05, 0) is 49.4 Å². The Kier molecular flexibility index (Phi) is 5.20. The zero-order valence-corrected chi connectivity index (χ0v) is 14.7. The summed E-state index contributed by atoms with van der Waals surface area (Å²) < 4.78 is 26.3. The van der Waals surface area contributed by atoms with Crippen molar-refractivity contribution in [2.75, 3.05) is 22.9 Å². The average Bonchev–Trinajstić information content (AvgIpc) is 2.45. The second-order valence-corrected chi connectivity index (χ2v) is 8.48. The number of anilines is 1. The van der Waals surface area contributed by atoms with E-state index in [-0.39, 0.29) is 16.4 Å². The number of carbonyl (C=O) groups is 1. The number of hydrogen-bond acceptors (Lipinski definition) is 5. The first-order chi connectivity index (χ1) is 10.7. The Morgan fingerprint density at radius 2 is 2.00 bits per heavy atom. The van der Waals surface area contributed by atoms with Crippen molar-refractivity contribution < 1.29 is 13.2 Å². The molecular weight excluding hydrogens is 336 g/mol. The molecule has 1 aliphatic rings. The number of carbonyl (C=O) groups excluding carboxylic acids is 1. The minimum absolute atomic E-state index is 0.117. The molecule has 0 aromatic heterocycles. The third-order valence-corrected chi connectivity index (χ3v) is 5.73.